The highest BCUT2D eigenvalue weighted by atomic mass is 19.4. The summed E-state index contributed by atoms with van der Waals surface area (Å²) in [6.45, 7) is 1.68. The summed E-state index contributed by atoms with van der Waals surface area (Å²) in [5.41, 5.74) is -1.36. The van der Waals surface area contributed by atoms with E-state index in [1.165, 1.54) is 19.2 Å². The maximum Gasteiger partial charge on any atom is 0.417 e. The Hall–Kier alpha value is -2.03. The van der Waals surface area contributed by atoms with Crippen LogP contribution in [-0.2, 0) is 6.18 Å². The van der Waals surface area contributed by atoms with Crippen LogP contribution in [-0.4, -0.2) is 24.4 Å². The van der Waals surface area contributed by atoms with Gasteiger partial charge in [0.15, 0.2) is 0 Å². The summed E-state index contributed by atoms with van der Waals surface area (Å²) in [7, 11) is 1.38. The molecule has 3 nitrogen and oxygen atoms in total. The van der Waals surface area contributed by atoms with Gasteiger partial charge in [0.05, 0.1) is 23.1 Å². The number of hydrogen-bond donors (Lipinski definition) is 0. The molecule has 0 bridgehead atoms. The topological polar surface area (TPSA) is 44.1 Å². The number of carbonyl (C=O) groups excluding carboxylic acids is 1. The second kappa shape index (κ2) is 5.74. The van der Waals surface area contributed by atoms with Crippen molar-refractivity contribution in [3.63, 3.8) is 0 Å². The molecule has 0 radical (unpaired) electrons. The van der Waals surface area contributed by atoms with Crippen molar-refractivity contribution in [3.05, 3.63) is 35.4 Å². The maximum absolute atomic E-state index is 12.8. The maximum atomic E-state index is 12.8. The minimum absolute atomic E-state index is 0.0848. The highest BCUT2D eigenvalue weighted by Crippen LogP contribution is 2.32. The lowest BCUT2D eigenvalue weighted by molar-refractivity contribution is -0.138. The van der Waals surface area contributed by atoms with Crippen molar-refractivity contribution in [2.75, 3.05) is 13.6 Å². The number of nitriles is 1. The van der Waals surface area contributed by atoms with E-state index in [-0.39, 0.29) is 6.54 Å². The second-order valence-corrected chi connectivity index (χ2v) is 4.26. The lowest BCUT2D eigenvalue weighted by Gasteiger charge is -2.20. The molecule has 1 aromatic carbocycles. The van der Waals surface area contributed by atoms with Crippen LogP contribution in [0.25, 0.3) is 0 Å². The Morgan fingerprint density at radius 2 is 2.00 bits per heavy atom. The zero-order valence-corrected chi connectivity index (χ0v) is 10.5. The molecule has 102 valence electrons. The van der Waals surface area contributed by atoms with E-state index in [1.807, 2.05) is 6.07 Å². The largest absolute Gasteiger partial charge is 0.417 e. The van der Waals surface area contributed by atoms with Crippen molar-refractivity contribution in [2.24, 2.45) is 5.92 Å². The Balaban J connectivity index is 3.04. The molecule has 1 unspecified atom stereocenters. The van der Waals surface area contributed by atoms with Crippen LogP contribution < -0.4 is 0 Å². The average Bonchev–Trinajstić information content (AvgIpc) is 2.36. The van der Waals surface area contributed by atoms with E-state index in [4.69, 9.17) is 5.26 Å². The Labute approximate surface area is 109 Å². The first kappa shape index (κ1) is 15.0. The van der Waals surface area contributed by atoms with Crippen molar-refractivity contribution >= 4 is 5.91 Å². The molecule has 6 heteroatoms. The summed E-state index contributed by atoms with van der Waals surface area (Å²) in [6.07, 6.45) is -4.58. The van der Waals surface area contributed by atoms with Crippen molar-refractivity contribution in [3.8, 4) is 6.07 Å². The van der Waals surface area contributed by atoms with Crippen LogP contribution in [0.3, 0.4) is 0 Å². The molecule has 0 aliphatic rings. The molecule has 0 saturated heterocycles. The van der Waals surface area contributed by atoms with Crippen LogP contribution in [0.4, 0.5) is 13.2 Å². The average molecular weight is 270 g/mol. The number of amides is 1. The Bertz CT molecular complexity index is 505. The van der Waals surface area contributed by atoms with E-state index in [9.17, 15) is 18.0 Å². The fraction of sp³-hybridized carbons (Fsp3) is 0.385. The Morgan fingerprint density at radius 1 is 1.42 bits per heavy atom. The van der Waals surface area contributed by atoms with Crippen LogP contribution in [0.2, 0.25) is 0 Å². The minimum Gasteiger partial charge on any atom is -0.340 e. The van der Waals surface area contributed by atoms with Gasteiger partial charge in [-0.2, -0.15) is 18.4 Å². The molecular weight excluding hydrogens is 257 g/mol. The number of halogens is 3. The molecule has 0 N–H and O–H groups in total. The van der Waals surface area contributed by atoms with E-state index < -0.39 is 29.1 Å². The van der Waals surface area contributed by atoms with E-state index in [2.05, 4.69) is 0 Å². The zero-order chi connectivity index (χ0) is 14.6. The molecule has 0 fully saturated rings. The first-order valence-electron chi connectivity index (χ1n) is 5.58. The molecule has 0 aliphatic carbocycles. The molecule has 0 aliphatic heterocycles. The summed E-state index contributed by atoms with van der Waals surface area (Å²) >= 11 is 0. The summed E-state index contributed by atoms with van der Waals surface area (Å²) in [5.74, 6) is -1.18. The first-order valence-corrected chi connectivity index (χ1v) is 5.58. The lowest BCUT2D eigenvalue weighted by atomic mass is 10.1. The number of alkyl halides is 3. The fourth-order valence-electron chi connectivity index (χ4n) is 1.66. The molecule has 0 spiro atoms. The van der Waals surface area contributed by atoms with E-state index in [1.54, 1.807) is 6.92 Å². The summed E-state index contributed by atoms with van der Waals surface area (Å²) in [6, 6.07) is 6.55. The zero-order valence-electron chi connectivity index (χ0n) is 10.5. The van der Waals surface area contributed by atoms with E-state index in [0.717, 1.165) is 17.0 Å². The van der Waals surface area contributed by atoms with E-state index in [0.29, 0.717) is 0 Å². The molecule has 1 atom stereocenters. The molecular formula is C13H13F3N2O. The van der Waals surface area contributed by atoms with Crippen molar-refractivity contribution < 1.29 is 18.0 Å². The van der Waals surface area contributed by atoms with Crippen LogP contribution in [0, 0.1) is 17.2 Å². The van der Waals surface area contributed by atoms with Crippen LogP contribution in [0.15, 0.2) is 24.3 Å². The summed E-state index contributed by atoms with van der Waals surface area (Å²) in [5, 5.41) is 8.65. The SMILES string of the molecule is CC(C#N)CN(C)C(=O)c1ccccc1C(F)(F)F. The number of nitrogens with zero attached hydrogens (tertiary/aromatic N) is 2. The number of hydrogen-bond acceptors (Lipinski definition) is 2. The second-order valence-electron chi connectivity index (χ2n) is 4.26. The number of rotatable bonds is 3. The van der Waals surface area contributed by atoms with Gasteiger partial charge >= 0.3 is 6.18 Å². The molecule has 0 aromatic heterocycles. The molecule has 1 rings (SSSR count). The van der Waals surface area contributed by atoms with Gasteiger partial charge in [-0.15, -0.1) is 0 Å². The third kappa shape index (κ3) is 3.71. The summed E-state index contributed by atoms with van der Waals surface area (Å²) in [4.78, 5) is 13.1. The van der Waals surface area contributed by atoms with Crippen molar-refractivity contribution in [1.82, 2.24) is 4.90 Å². The van der Waals surface area contributed by atoms with Gasteiger partial charge in [0, 0.05) is 13.6 Å². The van der Waals surface area contributed by atoms with Gasteiger partial charge in [0.25, 0.3) is 5.91 Å². The lowest BCUT2D eigenvalue weighted by Crippen LogP contribution is -2.32. The third-order valence-corrected chi connectivity index (χ3v) is 2.58. The Kier molecular flexibility index (Phi) is 4.54. The monoisotopic (exact) mass is 270 g/mol. The molecule has 19 heavy (non-hydrogen) atoms. The normalized spacial score (nSPS) is 12.6. The van der Waals surface area contributed by atoms with Crippen LogP contribution in [0.5, 0.6) is 0 Å². The predicted octanol–water partition coefficient (Wildman–Crippen LogP) is 2.94. The van der Waals surface area contributed by atoms with Crippen LogP contribution >= 0.6 is 0 Å². The Morgan fingerprint density at radius 3 is 2.53 bits per heavy atom. The van der Waals surface area contributed by atoms with Gasteiger partial charge < -0.3 is 4.90 Å². The fourth-order valence-corrected chi connectivity index (χ4v) is 1.66. The molecule has 1 aromatic rings. The van der Waals surface area contributed by atoms with Crippen molar-refractivity contribution in [2.45, 2.75) is 13.1 Å². The first-order chi connectivity index (χ1) is 8.77. The third-order valence-electron chi connectivity index (χ3n) is 2.58. The highest BCUT2D eigenvalue weighted by molar-refractivity contribution is 5.95. The van der Waals surface area contributed by atoms with Crippen molar-refractivity contribution in [1.29, 1.82) is 5.26 Å². The van der Waals surface area contributed by atoms with Gasteiger partial charge in [-0.1, -0.05) is 12.1 Å². The quantitative estimate of drug-likeness (QED) is 0.847. The van der Waals surface area contributed by atoms with Gasteiger partial charge in [-0.25, -0.2) is 0 Å². The van der Waals surface area contributed by atoms with Gasteiger partial charge in [-0.3, -0.25) is 4.79 Å². The van der Waals surface area contributed by atoms with Crippen LogP contribution in [0.1, 0.15) is 22.8 Å². The highest BCUT2D eigenvalue weighted by Gasteiger charge is 2.35. The molecule has 1 amide bonds. The van der Waals surface area contributed by atoms with Gasteiger partial charge in [0.1, 0.15) is 0 Å². The number of carbonyl (C=O) groups is 1. The predicted molar refractivity (Wildman–Crippen MR) is 63.2 cm³/mol. The number of benzene rings is 1. The van der Waals surface area contributed by atoms with E-state index >= 15 is 0 Å². The van der Waals surface area contributed by atoms with Gasteiger partial charge in [0.2, 0.25) is 0 Å². The van der Waals surface area contributed by atoms with Gasteiger partial charge in [-0.05, 0) is 19.1 Å². The standard InChI is InChI=1S/C13H13F3N2O/c1-9(7-17)8-18(2)12(19)10-5-3-4-6-11(10)13(14,15)16/h3-6,9H,8H2,1-2H3. The minimum atomic E-state index is -4.58. The summed E-state index contributed by atoms with van der Waals surface area (Å²) < 4.78 is 38.3. The smallest absolute Gasteiger partial charge is 0.340 e. The molecule has 0 heterocycles. The molecule has 0 saturated carbocycles.